The monoisotopic (exact) mass is 338 g/mol. The van der Waals surface area contributed by atoms with Gasteiger partial charge in [0, 0.05) is 13.6 Å². The van der Waals surface area contributed by atoms with Crippen LogP contribution in [0.5, 0.6) is 0 Å². The quantitative estimate of drug-likeness (QED) is 0.777. The highest BCUT2D eigenvalue weighted by Crippen LogP contribution is 2.23. The molecule has 0 aliphatic rings. The van der Waals surface area contributed by atoms with Crippen LogP contribution in [0.4, 0.5) is 5.69 Å². The van der Waals surface area contributed by atoms with Crippen molar-refractivity contribution in [2.75, 3.05) is 5.32 Å². The summed E-state index contributed by atoms with van der Waals surface area (Å²) in [6.07, 6.45) is 0.821. The van der Waals surface area contributed by atoms with Crippen LogP contribution < -0.4 is 11.0 Å². The lowest BCUT2D eigenvalue weighted by Crippen LogP contribution is -2.24. The van der Waals surface area contributed by atoms with Gasteiger partial charge in [-0.3, -0.25) is 14.0 Å². The predicted octanol–water partition coefficient (Wildman–Crippen LogP) is 1.45. The van der Waals surface area contributed by atoms with Crippen molar-refractivity contribution in [1.82, 2.24) is 24.5 Å². The highest BCUT2D eigenvalue weighted by atomic mass is 32.2. The van der Waals surface area contributed by atoms with Gasteiger partial charge >= 0.3 is 5.69 Å². The molecule has 1 unspecified atom stereocenters. The lowest BCUT2D eigenvalue weighted by molar-refractivity contribution is -0.115. The molecule has 2 N–H and O–H groups in total. The van der Waals surface area contributed by atoms with Gasteiger partial charge in [-0.15, -0.1) is 5.10 Å². The molecule has 0 radical (unpaired) electrons. The fourth-order valence-electron chi connectivity index (χ4n) is 2.20. The zero-order chi connectivity index (χ0) is 17.1. The molecular formula is C14H22N6O2S. The highest BCUT2D eigenvalue weighted by Gasteiger charge is 2.21. The Labute approximate surface area is 138 Å². The number of aromatic nitrogens is 5. The van der Waals surface area contributed by atoms with Crippen molar-refractivity contribution in [3.63, 3.8) is 0 Å². The fourth-order valence-corrected chi connectivity index (χ4v) is 3.09. The lowest BCUT2D eigenvalue weighted by Gasteiger charge is -2.12. The van der Waals surface area contributed by atoms with Crippen LogP contribution in [0.25, 0.3) is 0 Å². The molecule has 1 atom stereocenters. The number of rotatable bonds is 6. The van der Waals surface area contributed by atoms with Gasteiger partial charge in [-0.05, 0) is 27.2 Å². The number of H-pyrrole nitrogens is 1. The second-order valence-electron chi connectivity index (χ2n) is 5.38. The van der Waals surface area contributed by atoms with E-state index in [0.29, 0.717) is 11.7 Å². The molecule has 2 heterocycles. The Kier molecular flexibility index (Phi) is 5.30. The van der Waals surface area contributed by atoms with Gasteiger partial charge in [-0.25, -0.2) is 9.89 Å². The number of hydrogen-bond acceptors (Lipinski definition) is 5. The van der Waals surface area contributed by atoms with Crippen LogP contribution >= 0.6 is 11.8 Å². The van der Waals surface area contributed by atoms with Crippen LogP contribution in [0.3, 0.4) is 0 Å². The van der Waals surface area contributed by atoms with Crippen molar-refractivity contribution < 1.29 is 4.79 Å². The molecule has 0 aliphatic heterocycles. The van der Waals surface area contributed by atoms with Crippen LogP contribution in [-0.4, -0.2) is 35.7 Å². The average molecular weight is 338 g/mol. The summed E-state index contributed by atoms with van der Waals surface area (Å²) >= 11 is 1.26. The van der Waals surface area contributed by atoms with Crippen molar-refractivity contribution in [3.8, 4) is 0 Å². The number of carbonyl (C=O) groups is 1. The Morgan fingerprint density at radius 3 is 2.70 bits per heavy atom. The molecule has 8 nitrogen and oxygen atoms in total. The average Bonchev–Trinajstić information content (AvgIpc) is 2.95. The number of thioether (sulfide) groups is 1. The molecule has 0 bridgehead atoms. The zero-order valence-corrected chi connectivity index (χ0v) is 14.8. The van der Waals surface area contributed by atoms with E-state index in [1.807, 2.05) is 27.8 Å². The molecule has 23 heavy (non-hydrogen) atoms. The van der Waals surface area contributed by atoms with Gasteiger partial charge in [0.05, 0.1) is 22.3 Å². The van der Waals surface area contributed by atoms with E-state index in [1.54, 1.807) is 16.2 Å². The molecule has 0 fully saturated rings. The zero-order valence-electron chi connectivity index (χ0n) is 14.0. The van der Waals surface area contributed by atoms with Gasteiger partial charge < -0.3 is 5.32 Å². The Hall–Kier alpha value is -2.03. The summed E-state index contributed by atoms with van der Waals surface area (Å²) in [6, 6.07) is 0. The van der Waals surface area contributed by atoms with E-state index in [9.17, 15) is 9.59 Å². The summed E-state index contributed by atoms with van der Waals surface area (Å²) < 4.78 is 3.28. The third-order valence-corrected chi connectivity index (χ3v) is 4.67. The van der Waals surface area contributed by atoms with Crippen LogP contribution in [0.15, 0.2) is 9.95 Å². The van der Waals surface area contributed by atoms with Gasteiger partial charge in [0.1, 0.15) is 0 Å². The SMILES string of the molecule is CCCn1c(SC(C)C(=O)Nc2c(C)nn(C)c2C)n[nH]c1=O. The van der Waals surface area contributed by atoms with E-state index >= 15 is 0 Å². The summed E-state index contributed by atoms with van der Waals surface area (Å²) in [4.78, 5) is 24.1. The minimum Gasteiger partial charge on any atom is -0.322 e. The maximum absolute atomic E-state index is 12.4. The summed E-state index contributed by atoms with van der Waals surface area (Å²) in [5.74, 6) is -0.146. The third-order valence-electron chi connectivity index (χ3n) is 3.58. The van der Waals surface area contributed by atoms with Crippen LogP contribution in [0, 0.1) is 13.8 Å². The summed E-state index contributed by atoms with van der Waals surface area (Å²) in [5, 5.41) is 13.8. The van der Waals surface area contributed by atoms with Crippen LogP contribution in [-0.2, 0) is 18.4 Å². The van der Waals surface area contributed by atoms with Crippen molar-refractivity contribution >= 4 is 23.4 Å². The molecule has 0 saturated carbocycles. The fraction of sp³-hybridized carbons (Fsp3) is 0.571. The van der Waals surface area contributed by atoms with Gasteiger partial charge in [-0.2, -0.15) is 5.10 Å². The Balaban J connectivity index is 2.10. The highest BCUT2D eigenvalue weighted by molar-refractivity contribution is 8.00. The molecule has 1 amide bonds. The number of carbonyl (C=O) groups excluding carboxylic acids is 1. The van der Waals surface area contributed by atoms with E-state index < -0.39 is 0 Å². The number of aromatic amines is 1. The second-order valence-corrected chi connectivity index (χ2v) is 6.69. The second kappa shape index (κ2) is 7.03. The minimum atomic E-state index is -0.389. The first-order valence-electron chi connectivity index (χ1n) is 7.48. The van der Waals surface area contributed by atoms with E-state index in [0.717, 1.165) is 23.5 Å². The smallest absolute Gasteiger partial charge is 0.322 e. The minimum absolute atomic E-state index is 0.146. The van der Waals surface area contributed by atoms with Gasteiger partial charge in [0.15, 0.2) is 5.16 Å². The van der Waals surface area contributed by atoms with Gasteiger partial charge in [-0.1, -0.05) is 18.7 Å². The normalized spacial score (nSPS) is 12.4. The van der Waals surface area contributed by atoms with Crippen LogP contribution in [0.2, 0.25) is 0 Å². The van der Waals surface area contributed by atoms with E-state index in [1.165, 1.54) is 11.8 Å². The Bertz CT molecular complexity index is 760. The van der Waals surface area contributed by atoms with Crippen molar-refractivity contribution in [1.29, 1.82) is 0 Å². The number of hydrogen-bond donors (Lipinski definition) is 2. The predicted molar refractivity (Wildman–Crippen MR) is 89.8 cm³/mol. The third kappa shape index (κ3) is 3.66. The molecule has 2 aromatic heterocycles. The molecule has 9 heteroatoms. The maximum Gasteiger partial charge on any atom is 0.343 e. The molecule has 126 valence electrons. The number of nitrogens with one attached hydrogen (secondary N) is 2. The molecular weight excluding hydrogens is 316 g/mol. The van der Waals surface area contributed by atoms with E-state index in [-0.39, 0.29) is 16.8 Å². The van der Waals surface area contributed by atoms with Crippen molar-refractivity contribution in [3.05, 3.63) is 21.9 Å². The first-order valence-corrected chi connectivity index (χ1v) is 8.36. The summed E-state index contributed by atoms with van der Waals surface area (Å²) in [6.45, 7) is 8.11. The number of amides is 1. The molecule has 0 saturated heterocycles. The van der Waals surface area contributed by atoms with E-state index in [2.05, 4.69) is 20.6 Å². The first-order chi connectivity index (χ1) is 10.8. The van der Waals surface area contributed by atoms with Crippen molar-refractivity contribution in [2.24, 2.45) is 7.05 Å². The molecule has 0 spiro atoms. The Morgan fingerprint density at radius 2 is 2.13 bits per heavy atom. The maximum atomic E-state index is 12.4. The molecule has 2 rings (SSSR count). The largest absolute Gasteiger partial charge is 0.343 e. The summed E-state index contributed by atoms with van der Waals surface area (Å²) in [7, 11) is 1.84. The lowest BCUT2D eigenvalue weighted by atomic mass is 10.3. The molecule has 2 aromatic rings. The van der Waals surface area contributed by atoms with Gasteiger partial charge in [0.2, 0.25) is 5.91 Å². The van der Waals surface area contributed by atoms with Crippen LogP contribution in [0.1, 0.15) is 31.7 Å². The van der Waals surface area contributed by atoms with Gasteiger partial charge in [0.25, 0.3) is 0 Å². The standard InChI is InChI=1S/C14H22N6O2S/c1-6-7-20-13(22)16-17-14(20)23-10(4)12(21)15-11-8(2)18-19(5)9(11)3/h10H,6-7H2,1-5H3,(H,15,21)(H,16,22). The molecule has 0 aromatic carbocycles. The Morgan fingerprint density at radius 1 is 1.43 bits per heavy atom. The molecule has 0 aliphatic carbocycles. The number of anilines is 1. The number of nitrogens with zero attached hydrogens (tertiary/aromatic N) is 4. The topological polar surface area (TPSA) is 97.6 Å². The summed E-state index contributed by atoms with van der Waals surface area (Å²) in [5.41, 5.74) is 2.16. The van der Waals surface area contributed by atoms with E-state index in [4.69, 9.17) is 0 Å². The number of aryl methyl sites for hydroxylation is 2. The van der Waals surface area contributed by atoms with Crippen molar-refractivity contribution in [2.45, 2.75) is 51.1 Å². The first kappa shape index (κ1) is 17.3.